The second-order valence-electron chi connectivity index (χ2n) is 6.61. The van der Waals surface area contributed by atoms with E-state index in [1.807, 2.05) is 24.4 Å². The number of hydrogen-bond acceptors (Lipinski definition) is 7. The number of ether oxygens (including phenoxy) is 1. The van der Waals surface area contributed by atoms with Crippen molar-refractivity contribution in [3.05, 3.63) is 81.3 Å². The molecule has 152 valence electrons. The Morgan fingerprint density at radius 1 is 1.07 bits per heavy atom. The maximum atomic E-state index is 12.3. The Hall–Kier alpha value is -2.97. The summed E-state index contributed by atoms with van der Waals surface area (Å²) >= 11 is 3.27. The summed E-state index contributed by atoms with van der Waals surface area (Å²) in [6.07, 6.45) is 0. The number of carbonyl (C=O) groups is 3. The fourth-order valence-electron chi connectivity index (χ4n) is 3.07. The number of nitrogens with zero attached hydrogens (tertiary/aromatic N) is 2. The minimum atomic E-state index is -0.488. The fourth-order valence-corrected chi connectivity index (χ4v) is 4.58. The number of esters is 1. The van der Waals surface area contributed by atoms with Gasteiger partial charge in [0.1, 0.15) is 6.61 Å². The molecule has 0 atom stereocenters. The largest absolute Gasteiger partial charge is 0.460 e. The highest BCUT2D eigenvalue weighted by Crippen LogP contribution is 2.24. The molecule has 0 bridgehead atoms. The second kappa shape index (κ2) is 8.81. The molecule has 1 aliphatic heterocycles. The molecule has 0 aliphatic carbocycles. The van der Waals surface area contributed by atoms with Crippen molar-refractivity contribution >= 4 is 40.9 Å². The van der Waals surface area contributed by atoms with Crippen LogP contribution in [0.15, 0.2) is 58.8 Å². The standard InChI is InChI=1S/C22H18N2O4S2/c1-14-23-16(12-29-14)13-30-17-8-6-15(7-9-17)22(27)28-11-10-24-20(25)18-4-2-3-5-19(18)21(24)26/h2-9,12H,10-11,13H2,1H3. The summed E-state index contributed by atoms with van der Waals surface area (Å²) in [4.78, 5) is 43.5. The van der Waals surface area contributed by atoms with Crippen LogP contribution in [0.5, 0.6) is 0 Å². The molecule has 3 aromatic rings. The van der Waals surface area contributed by atoms with Gasteiger partial charge in [-0.2, -0.15) is 0 Å². The van der Waals surface area contributed by atoms with Crippen LogP contribution in [-0.2, 0) is 10.5 Å². The zero-order chi connectivity index (χ0) is 21.1. The third-order valence-corrected chi connectivity index (χ3v) is 6.44. The summed E-state index contributed by atoms with van der Waals surface area (Å²) in [5.41, 5.74) is 2.23. The predicted octanol–water partition coefficient (Wildman–Crippen LogP) is 4.20. The number of aromatic nitrogens is 1. The van der Waals surface area contributed by atoms with Crippen LogP contribution in [0.25, 0.3) is 0 Å². The predicted molar refractivity (Wildman–Crippen MR) is 115 cm³/mol. The summed E-state index contributed by atoms with van der Waals surface area (Å²) in [5, 5.41) is 3.09. The van der Waals surface area contributed by atoms with Gasteiger partial charge in [0, 0.05) is 16.0 Å². The fraction of sp³-hybridized carbons (Fsp3) is 0.182. The van der Waals surface area contributed by atoms with Gasteiger partial charge in [-0.25, -0.2) is 9.78 Å². The summed E-state index contributed by atoms with van der Waals surface area (Å²) < 4.78 is 5.26. The van der Waals surface area contributed by atoms with Crippen molar-refractivity contribution in [3.8, 4) is 0 Å². The molecule has 4 rings (SSSR count). The molecule has 0 saturated heterocycles. The molecule has 0 saturated carbocycles. The van der Waals surface area contributed by atoms with Crippen molar-refractivity contribution < 1.29 is 19.1 Å². The van der Waals surface area contributed by atoms with Crippen molar-refractivity contribution in [1.82, 2.24) is 9.88 Å². The quantitative estimate of drug-likeness (QED) is 0.313. The van der Waals surface area contributed by atoms with E-state index in [-0.39, 0.29) is 25.0 Å². The molecular weight excluding hydrogens is 420 g/mol. The normalized spacial score (nSPS) is 12.9. The molecule has 30 heavy (non-hydrogen) atoms. The zero-order valence-electron chi connectivity index (χ0n) is 16.2. The van der Waals surface area contributed by atoms with Gasteiger partial charge in [-0.1, -0.05) is 12.1 Å². The Balaban J connectivity index is 1.27. The third kappa shape index (κ3) is 4.29. The molecule has 0 N–H and O–H groups in total. The van der Waals surface area contributed by atoms with Crippen molar-refractivity contribution in [2.24, 2.45) is 0 Å². The molecule has 2 heterocycles. The molecule has 1 aromatic heterocycles. The van der Waals surface area contributed by atoms with Gasteiger partial charge in [-0.05, 0) is 43.3 Å². The Kier molecular flexibility index (Phi) is 5.96. The highest BCUT2D eigenvalue weighted by atomic mass is 32.2. The van der Waals surface area contributed by atoms with E-state index >= 15 is 0 Å². The molecule has 6 nitrogen and oxygen atoms in total. The van der Waals surface area contributed by atoms with Gasteiger partial charge in [0.25, 0.3) is 11.8 Å². The van der Waals surface area contributed by atoms with Crippen LogP contribution >= 0.6 is 23.1 Å². The van der Waals surface area contributed by atoms with E-state index in [1.165, 1.54) is 0 Å². The Labute approximate surface area is 181 Å². The number of thioether (sulfide) groups is 1. The number of aryl methyl sites for hydroxylation is 1. The van der Waals surface area contributed by atoms with Gasteiger partial charge in [0.05, 0.1) is 33.9 Å². The van der Waals surface area contributed by atoms with E-state index in [4.69, 9.17) is 4.74 Å². The van der Waals surface area contributed by atoms with Crippen molar-refractivity contribution in [1.29, 1.82) is 0 Å². The lowest BCUT2D eigenvalue weighted by Crippen LogP contribution is -2.33. The highest BCUT2D eigenvalue weighted by molar-refractivity contribution is 7.98. The Morgan fingerprint density at radius 2 is 1.73 bits per heavy atom. The van der Waals surface area contributed by atoms with E-state index in [0.29, 0.717) is 16.7 Å². The number of thiazole rings is 1. The van der Waals surface area contributed by atoms with Gasteiger partial charge >= 0.3 is 5.97 Å². The molecule has 0 fully saturated rings. The van der Waals surface area contributed by atoms with Crippen molar-refractivity contribution in [2.75, 3.05) is 13.2 Å². The Morgan fingerprint density at radius 3 is 2.33 bits per heavy atom. The van der Waals surface area contributed by atoms with Crippen LogP contribution in [0.3, 0.4) is 0 Å². The van der Waals surface area contributed by atoms with Gasteiger partial charge < -0.3 is 4.74 Å². The van der Waals surface area contributed by atoms with Crippen LogP contribution in [0.2, 0.25) is 0 Å². The number of benzene rings is 2. The number of carbonyl (C=O) groups excluding carboxylic acids is 3. The monoisotopic (exact) mass is 438 g/mol. The topological polar surface area (TPSA) is 76.6 Å². The van der Waals surface area contributed by atoms with E-state index < -0.39 is 5.97 Å². The molecule has 8 heteroatoms. The maximum absolute atomic E-state index is 12.3. The number of amides is 2. The number of hydrogen-bond donors (Lipinski definition) is 0. The molecule has 0 radical (unpaired) electrons. The molecule has 0 spiro atoms. The van der Waals surface area contributed by atoms with E-state index in [0.717, 1.165) is 26.2 Å². The van der Waals surface area contributed by atoms with Crippen LogP contribution < -0.4 is 0 Å². The first-order valence-corrected chi connectivity index (χ1v) is 11.2. The van der Waals surface area contributed by atoms with E-state index in [9.17, 15) is 14.4 Å². The maximum Gasteiger partial charge on any atom is 0.338 e. The lowest BCUT2D eigenvalue weighted by Gasteiger charge is -2.13. The molecule has 2 aromatic carbocycles. The lowest BCUT2D eigenvalue weighted by atomic mass is 10.1. The van der Waals surface area contributed by atoms with Gasteiger partial charge in [-0.3, -0.25) is 14.5 Å². The molecule has 2 amide bonds. The van der Waals surface area contributed by atoms with Gasteiger partial charge in [0.2, 0.25) is 0 Å². The van der Waals surface area contributed by atoms with Crippen molar-refractivity contribution in [2.45, 2.75) is 17.6 Å². The number of rotatable bonds is 7. The van der Waals surface area contributed by atoms with Gasteiger partial charge in [-0.15, -0.1) is 23.1 Å². The molecular formula is C22H18N2O4S2. The summed E-state index contributed by atoms with van der Waals surface area (Å²) in [7, 11) is 0. The average molecular weight is 439 g/mol. The third-order valence-electron chi connectivity index (χ3n) is 4.57. The van der Waals surface area contributed by atoms with Crippen LogP contribution in [0, 0.1) is 6.92 Å². The molecule has 0 unspecified atom stereocenters. The summed E-state index contributed by atoms with van der Waals surface area (Å²) in [5.74, 6) is -0.432. The summed E-state index contributed by atoms with van der Waals surface area (Å²) in [6.45, 7) is 1.96. The van der Waals surface area contributed by atoms with Crippen molar-refractivity contribution in [3.63, 3.8) is 0 Å². The first kappa shape index (κ1) is 20.3. The first-order chi connectivity index (χ1) is 14.5. The first-order valence-electron chi connectivity index (χ1n) is 9.29. The van der Waals surface area contributed by atoms with E-state index in [1.54, 1.807) is 59.5 Å². The minimum absolute atomic E-state index is 0.0269. The highest BCUT2D eigenvalue weighted by Gasteiger charge is 2.34. The number of fused-ring (bicyclic) bond motifs is 1. The Bertz CT molecular complexity index is 1070. The summed E-state index contributed by atoms with van der Waals surface area (Å²) in [6, 6.07) is 13.8. The average Bonchev–Trinajstić information content (AvgIpc) is 3.29. The zero-order valence-corrected chi connectivity index (χ0v) is 17.8. The van der Waals surface area contributed by atoms with Crippen LogP contribution in [-0.4, -0.2) is 40.8 Å². The second-order valence-corrected chi connectivity index (χ2v) is 8.73. The smallest absolute Gasteiger partial charge is 0.338 e. The SMILES string of the molecule is Cc1nc(CSc2ccc(C(=O)OCCN3C(=O)c4ccccc4C3=O)cc2)cs1. The van der Waals surface area contributed by atoms with Crippen LogP contribution in [0.1, 0.15) is 41.8 Å². The van der Waals surface area contributed by atoms with Crippen LogP contribution in [0.4, 0.5) is 0 Å². The van der Waals surface area contributed by atoms with E-state index in [2.05, 4.69) is 4.98 Å². The molecule has 1 aliphatic rings. The number of imide groups is 1. The minimum Gasteiger partial charge on any atom is -0.460 e. The van der Waals surface area contributed by atoms with Gasteiger partial charge in [0.15, 0.2) is 0 Å². The lowest BCUT2D eigenvalue weighted by molar-refractivity contribution is 0.0420.